The van der Waals surface area contributed by atoms with E-state index in [0.717, 1.165) is 4.90 Å². The summed E-state index contributed by atoms with van der Waals surface area (Å²) < 4.78 is 37.3. The lowest BCUT2D eigenvalue weighted by Crippen LogP contribution is -2.66. The second-order valence-electron chi connectivity index (χ2n) is 4.37. The Hall–Kier alpha value is -1.31. The highest BCUT2D eigenvalue weighted by atomic mass is 19.4. The lowest BCUT2D eigenvalue weighted by molar-refractivity contribution is -0.197. The highest BCUT2D eigenvalue weighted by molar-refractivity contribution is 5.87. The number of amides is 1. The number of hydrogen-bond acceptors (Lipinski definition) is 3. The third-order valence-corrected chi connectivity index (χ3v) is 2.74. The van der Waals surface area contributed by atoms with Gasteiger partial charge in [-0.15, -0.1) is 0 Å². The molecule has 0 aromatic heterocycles. The molecule has 1 atom stereocenters. The molecule has 0 saturated carbocycles. The number of carbonyl (C=O) groups excluding carboxylic acids is 1. The summed E-state index contributed by atoms with van der Waals surface area (Å²) in [6, 6.07) is 0. The van der Waals surface area contributed by atoms with Crippen LogP contribution >= 0.6 is 0 Å². The molecule has 1 unspecified atom stereocenters. The summed E-state index contributed by atoms with van der Waals surface area (Å²) in [7, 11) is 0. The fourth-order valence-electron chi connectivity index (χ4n) is 1.56. The average Bonchev–Trinajstić information content (AvgIpc) is 2.07. The molecule has 0 spiro atoms. The highest BCUT2D eigenvalue weighted by Crippen LogP contribution is 2.32. The van der Waals surface area contributed by atoms with Gasteiger partial charge in [0.15, 0.2) is 5.54 Å². The van der Waals surface area contributed by atoms with Crippen molar-refractivity contribution in [3.8, 4) is 0 Å². The Morgan fingerprint density at radius 1 is 1.41 bits per heavy atom. The molecule has 0 radical (unpaired) electrons. The second kappa shape index (κ2) is 4.17. The number of likely N-dealkylation sites (tertiary alicyclic amines) is 1. The number of halogens is 3. The van der Waals surface area contributed by atoms with Crippen molar-refractivity contribution in [1.29, 1.82) is 0 Å². The minimum absolute atomic E-state index is 0.00794. The van der Waals surface area contributed by atoms with Gasteiger partial charge in [0.25, 0.3) is 5.91 Å². The maximum Gasteiger partial charge on any atom is 0.415 e. The van der Waals surface area contributed by atoms with Crippen LogP contribution in [0.4, 0.5) is 13.2 Å². The van der Waals surface area contributed by atoms with Crippen LogP contribution in [0.15, 0.2) is 0 Å². The molecule has 0 bridgehead atoms. The zero-order chi connectivity index (χ0) is 13.4. The topological polar surface area (TPSA) is 83.6 Å². The quantitative estimate of drug-likeness (QED) is 0.753. The van der Waals surface area contributed by atoms with E-state index in [0.29, 0.717) is 6.92 Å². The van der Waals surface area contributed by atoms with E-state index in [1.54, 1.807) is 0 Å². The van der Waals surface area contributed by atoms with E-state index in [1.807, 2.05) is 0 Å². The Balaban J connectivity index is 2.55. The van der Waals surface area contributed by atoms with Crippen LogP contribution in [0.2, 0.25) is 0 Å². The van der Waals surface area contributed by atoms with Gasteiger partial charge < -0.3 is 15.7 Å². The Kier molecular flexibility index (Phi) is 3.37. The second-order valence-corrected chi connectivity index (χ2v) is 4.37. The molecule has 0 aliphatic carbocycles. The summed E-state index contributed by atoms with van der Waals surface area (Å²) in [6.07, 6.45) is -4.97. The molecule has 1 amide bonds. The largest absolute Gasteiger partial charge is 0.481 e. The maximum absolute atomic E-state index is 12.4. The van der Waals surface area contributed by atoms with Gasteiger partial charge in [0.2, 0.25) is 0 Å². The average molecular weight is 254 g/mol. The van der Waals surface area contributed by atoms with Gasteiger partial charge in [-0.1, -0.05) is 0 Å². The summed E-state index contributed by atoms with van der Waals surface area (Å²) >= 11 is 0. The number of nitrogens with two attached hydrogens (primary N) is 1. The van der Waals surface area contributed by atoms with Gasteiger partial charge in [-0.2, -0.15) is 13.2 Å². The molecule has 0 aromatic carbocycles. The van der Waals surface area contributed by atoms with Gasteiger partial charge in [0, 0.05) is 19.0 Å². The van der Waals surface area contributed by atoms with Crippen LogP contribution in [0.3, 0.4) is 0 Å². The third-order valence-electron chi connectivity index (χ3n) is 2.74. The molecule has 8 heteroatoms. The minimum Gasteiger partial charge on any atom is -0.481 e. The molecule has 1 fully saturated rings. The first-order valence-corrected chi connectivity index (χ1v) is 4.92. The molecule has 1 saturated heterocycles. The number of hydrogen-bond donors (Lipinski definition) is 2. The molecule has 1 aliphatic rings. The SMILES string of the molecule is CC(N)(C(=O)N1CC(CC(=O)O)C1)C(F)(F)F. The van der Waals surface area contributed by atoms with Crippen molar-refractivity contribution in [3.63, 3.8) is 0 Å². The molecule has 1 rings (SSSR count). The molecule has 98 valence electrons. The molecule has 0 aromatic rings. The van der Waals surface area contributed by atoms with Gasteiger partial charge in [0.05, 0.1) is 6.42 Å². The van der Waals surface area contributed by atoms with Crippen molar-refractivity contribution in [2.24, 2.45) is 11.7 Å². The summed E-state index contributed by atoms with van der Waals surface area (Å²) in [5.41, 5.74) is 2.05. The molecule has 1 aliphatic heterocycles. The number of aliphatic carboxylic acids is 1. The smallest absolute Gasteiger partial charge is 0.415 e. The first-order chi connectivity index (χ1) is 7.55. The zero-order valence-electron chi connectivity index (χ0n) is 9.12. The molecular weight excluding hydrogens is 241 g/mol. The summed E-state index contributed by atoms with van der Waals surface area (Å²) in [5, 5.41) is 8.45. The zero-order valence-corrected chi connectivity index (χ0v) is 9.12. The van der Waals surface area contributed by atoms with Crippen LogP contribution in [0.5, 0.6) is 0 Å². The summed E-state index contributed by atoms with van der Waals surface area (Å²) in [4.78, 5) is 22.7. The van der Waals surface area contributed by atoms with Gasteiger partial charge in [0.1, 0.15) is 0 Å². The van der Waals surface area contributed by atoms with Crippen LogP contribution in [-0.4, -0.2) is 46.7 Å². The van der Waals surface area contributed by atoms with E-state index in [1.165, 1.54) is 0 Å². The van der Waals surface area contributed by atoms with Gasteiger partial charge >= 0.3 is 12.1 Å². The van der Waals surface area contributed by atoms with Crippen LogP contribution in [-0.2, 0) is 9.59 Å². The van der Waals surface area contributed by atoms with Crippen molar-refractivity contribution in [1.82, 2.24) is 4.90 Å². The van der Waals surface area contributed by atoms with Gasteiger partial charge in [-0.25, -0.2) is 0 Å². The molecule has 3 N–H and O–H groups in total. The Bertz CT molecular complexity index is 335. The molecule has 1 heterocycles. The van der Waals surface area contributed by atoms with Gasteiger partial charge in [-0.05, 0) is 6.92 Å². The highest BCUT2D eigenvalue weighted by Gasteiger charge is 2.56. The van der Waals surface area contributed by atoms with Crippen LogP contribution in [0, 0.1) is 5.92 Å². The third kappa shape index (κ3) is 2.68. The lowest BCUT2D eigenvalue weighted by atomic mass is 9.92. The number of nitrogens with zero attached hydrogens (tertiary/aromatic N) is 1. The Morgan fingerprint density at radius 3 is 2.24 bits per heavy atom. The van der Waals surface area contributed by atoms with E-state index < -0.39 is 23.6 Å². The van der Waals surface area contributed by atoms with E-state index in [4.69, 9.17) is 10.8 Å². The van der Waals surface area contributed by atoms with Crippen LogP contribution in [0.1, 0.15) is 13.3 Å². The van der Waals surface area contributed by atoms with Crippen molar-refractivity contribution in [3.05, 3.63) is 0 Å². The number of carboxylic acid groups (broad SMARTS) is 1. The summed E-state index contributed by atoms with van der Waals surface area (Å²) in [6.45, 7) is 0.627. The van der Waals surface area contributed by atoms with E-state index in [2.05, 4.69) is 0 Å². The summed E-state index contributed by atoms with van der Waals surface area (Å²) in [5.74, 6) is -2.54. The first kappa shape index (κ1) is 13.8. The molecule has 5 nitrogen and oxygen atoms in total. The monoisotopic (exact) mass is 254 g/mol. The molecular formula is C9H13F3N2O3. The predicted molar refractivity (Wildman–Crippen MR) is 51.0 cm³/mol. The van der Waals surface area contributed by atoms with Crippen LogP contribution in [0.25, 0.3) is 0 Å². The fourth-order valence-corrected chi connectivity index (χ4v) is 1.56. The normalized spacial score (nSPS) is 20.6. The number of alkyl halides is 3. The van der Waals surface area contributed by atoms with Gasteiger partial charge in [-0.3, -0.25) is 9.59 Å². The van der Waals surface area contributed by atoms with E-state index >= 15 is 0 Å². The molecule has 17 heavy (non-hydrogen) atoms. The predicted octanol–water partition coefficient (Wildman–Crippen LogP) is 0.199. The number of carboxylic acids is 1. The van der Waals surface area contributed by atoms with E-state index in [9.17, 15) is 22.8 Å². The number of rotatable bonds is 3. The fraction of sp³-hybridized carbons (Fsp3) is 0.778. The first-order valence-electron chi connectivity index (χ1n) is 4.92. The van der Waals surface area contributed by atoms with Crippen molar-refractivity contribution in [2.45, 2.75) is 25.1 Å². The van der Waals surface area contributed by atoms with Crippen molar-refractivity contribution in [2.75, 3.05) is 13.1 Å². The Labute approximate surface area is 95.4 Å². The van der Waals surface area contributed by atoms with Crippen LogP contribution < -0.4 is 5.73 Å². The minimum atomic E-state index is -4.82. The number of carbonyl (C=O) groups is 2. The maximum atomic E-state index is 12.4. The lowest BCUT2D eigenvalue weighted by Gasteiger charge is -2.42. The standard InChI is InChI=1S/C9H13F3N2O3/c1-8(13,9(10,11)12)7(17)14-3-5(4-14)2-6(15)16/h5H,2-4,13H2,1H3,(H,15,16). The van der Waals surface area contributed by atoms with Crippen molar-refractivity contribution >= 4 is 11.9 Å². The van der Waals surface area contributed by atoms with E-state index in [-0.39, 0.29) is 25.4 Å². The van der Waals surface area contributed by atoms with Crippen molar-refractivity contribution < 1.29 is 27.9 Å². The Morgan fingerprint density at radius 2 is 1.88 bits per heavy atom.